The van der Waals surface area contributed by atoms with Gasteiger partial charge in [0, 0.05) is 29.0 Å². The molecule has 0 N–H and O–H groups in total. The van der Waals surface area contributed by atoms with Crippen LogP contribution < -0.4 is 31.4 Å². The first-order chi connectivity index (χ1) is 16.1. The number of hydrogen-bond acceptors (Lipinski definition) is 4. The highest BCUT2D eigenvalue weighted by atomic mass is 35.5. The summed E-state index contributed by atoms with van der Waals surface area (Å²) in [6, 6.07) is 17.3. The Kier molecular flexibility index (Phi) is 6.05. The molecular weight excluding hydrogens is 473 g/mol. The Hall–Kier alpha value is -2.60. The quantitative estimate of drug-likeness (QED) is 0.516. The van der Waals surface area contributed by atoms with Gasteiger partial charge < -0.3 is 35.8 Å². The molecule has 3 heterocycles. The lowest BCUT2D eigenvalue weighted by Gasteiger charge is -2.51. The first-order valence-corrected chi connectivity index (χ1v) is 11.7. The molecule has 5 nitrogen and oxygen atoms in total. The van der Waals surface area contributed by atoms with E-state index in [1.54, 1.807) is 14.2 Å². The lowest BCUT2D eigenvalue weighted by atomic mass is 9.80. The molecule has 3 aliphatic rings. The van der Waals surface area contributed by atoms with E-state index in [0.29, 0.717) is 12.8 Å². The minimum absolute atomic E-state index is 0. The number of fused-ring (bicyclic) bond motifs is 5. The van der Waals surface area contributed by atoms with Gasteiger partial charge in [-0.2, -0.15) is 0 Å². The summed E-state index contributed by atoms with van der Waals surface area (Å²) in [5.74, 6) is 3.38. The third-order valence-corrected chi connectivity index (χ3v) is 7.78. The molecule has 0 aromatic heterocycles. The highest BCUT2D eigenvalue weighted by Crippen LogP contribution is 2.51. The van der Waals surface area contributed by atoms with Crippen LogP contribution in [0.5, 0.6) is 23.0 Å². The molecule has 0 aliphatic carbocycles. The maximum absolute atomic E-state index is 6.19. The van der Waals surface area contributed by atoms with Gasteiger partial charge in [-0.25, -0.2) is 0 Å². The molecule has 0 radical (unpaired) electrons. The van der Waals surface area contributed by atoms with Crippen LogP contribution in [0.4, 0.5) is 0 Å². The van der Waals surface area contributed by atoms with Crippen LogP contribution in [0.3, 0.4) is 0 Å². The minimum Gasteiger partial charge on any atom is -1.00 e. The van der Waals surface area contributed by atoms with E-state index in [2.05, 4.69) is 30.3 Å². The van der Waals surface area contributed by atoms with E-state index in [1.165, 1.54) is 27.8 Å². The van der Waals surface area contributed by atoms with Crippen molar-refractivity contribution < 1.29 is 35.8 Å². The molecule has 0 fully saturated rings. The van der Waals surface area contributed by atoms with Gasteiger partial charge in [0.2, 0.25) is 6.79 Å². The molecule has 0 amide bonds. The van der Waals surface area contributed by atoms with Crippen LogP contribution in [0.25, 0.3) is 0 Å². The van der Waals surface area contributed by atoms with Crippen molar-refractivity contribution in [1.82, 2.24) is 0 Å². The molecule has 3 aliphatic heterocycles. The SMILES string of the molecule is COc1ccc2c(c1OC)C[N+]1(Cc3ccc(Cl)cc3)CCc3cc4c(cc3C1C2)OCO4.[Cl-]. The summed E-state index contributed by atoms with van der Waals surface area (Å²) in [4.78, 5) is 0. The smallest absolute Gasteiger partial charge is 0.231 e. The molecule has 2 unspecified atom stereocenters. The highest BCUT2D eigenvalue weighted by molar-refractivity contribution is 6.30. The van der Waals surface area contributed by atoms with Gasteiger partial charge >= 0.3 is 0 Å². The van der Waals surface area contributed by atoms with E-state index in [-0.39, 0.29) is 12.4 Å². The molecule has 0 saturated carbocycles. The normalized spacial score (nSPS) is 21.6. The van der Waals surface area contributed by atoms with Crippen molar-refractivity contribution in [3.8, 4) is 23.0 Å². The van der Waals surface area contributed by atoms with Crippen molar-refractivity contribution in [2.24, 2.45) is 0 Å². The molecule has 2 atom stereocenters. The van der Waals surface area contributed by atoms with Gasteiger partial charge in [-0.05, 0) is 41.5 Å². The standard InChI is InChI=1S/C27H27ClNO4.ClH/c1-30-24-8-5-18-11-23-21-13-26-25(32-16-33-26)12-19(21)9-10-29(23,15-22(18)27(24)31-2)14-17-3-6-20(28)7-4-17;/h3-8,12-13,23H,9-11,14-16H2,1-2H3;1H/q+1;/p-1. The Bertz CT molecular complexity index is 1230. The van der Waals surface area contributed by atoms with E-state index in [1.807, 2.05) is 18.2 Å². The van der Waals surface area contributed by atoms with Gasteiger partial charge in [-0.15, -0.1) is 0 Å². The number of ether oxygens (including phenoxy) is 4. The number of hydrogen-bond donors (Lipinski definition) is 0. The number of methoxy groups -OCH3 is 2. The Labute approximate surface area is 211 Å². The lowest BCUT2D eigenvalue weighted by molar-refractivity contribution is -0.985. The predicted octanol–water partition coefficient (Wildman–Crippen LogP) is 2.46. The van der Waals surface area contributed by atoms with Crippen LogP contribution in [0.1, 0.15) is 33.9 Å². The highest BCUT2D eigenvalue weighted by Gasteiger charge is 2.47. The molecule has 0 bridgehead atoms. The first-order valence-electron chi connectivity index (χ1n) is 11.4. The average molecular weight is 500 g/mol. The van der Waals surface area contributed by atoms with Crippen molar-refractivity contribution in [3.63, 3.8) is 0 Å². The summed E-state index contributed by atoms with van der Waals surface area (Å²) in [5, 5.41) is 0.766. The number of rotatable bonds is 4. The second kappa shape index (κ2) is 8.88. The monoisotopic (exact) mass is 499 g/mol. The maximum Gasteiger partial charge on any atom is 0.231 e. The molecule has 34 heavy (non-hydrogen) atoms. The number of benzene rings is 3. The Morgan fingerprint density at radius 3 is 2.47 bits per heavy atom. The number of quaternary nitrogens is 1. The average Bonchev–Trinajstić information content (AvgIpc) is 3.30. The molecule has 3 aromatic carbocycles. The van der Waals surface area contributed by atoms with Gasteiger partial charge in [-0.3, -0.25) is 0 Å². The van der Waals surface area contributed by atoms with Crippen molar-refractivity contribution in [2.45, 2.75) is 32.0 Å². The zero-order valence-electron chi connectivity index (χ0n) is 19.3. The fourth-order valence-electron chi connectivity index (χ4n) is 5.93. The van der Waals surface area contributed by atoms with Crippen LogP contribution in [-0.4, -0.2) is 32.0 Å². The fourth-order valence-corrected chi connectivity index (χ4v) is 6.06. The van der Waals surface area contributed by atoms with Crippen molar-refractivity contribution >= 4 is 11.6 Å². The Morgan fingerprint density at radius 2 is 1.74 bits per heavy atom. The van der Waals surface area contributed by atoms with Crippen LogP contribution in [0.2, 0.25) is 5.02 Å². The van der Waals surface area contributed by atoms with Gasteiger partial charge in [0.05, 0.1) is 26.3 Å². The van der Waals surface area contributed by atoms with E-state index in [9.17, 15) is 0 Å². The Balaban J connectivity index is 0.00000241. The van der Waals surface area contributed by atoms with Gasteiger partial charge in [0.1, 0.15) is 19.1 Å². The van der Waals surface area contributed by atoms with Gasteiger partial charge in [0.15, 0.2) is 23.0 Å². The van der Waals surface area contributed by atoms with E-state index in [0.717, 1.165) is 65.0 Å². The fraction of sp³-hybridized carbons (Fsp3) is 0.333. The number of nitrogens with zero attached hydrogens (tertiary/aromatic N) is 1. The summed E-state index contributed by atoms with van der Waals surface area (Å²) >= 11 is 6.19. The van der Waals surface area contributed by atoms with Crippen molar-refractivity contribution in [1.29, 1.82) is 0 Å². The van der Waals surface area contributed by atoms with Crippen molar-refractivity contribution in [3.05, 3.63) is 81.4 Å². The van der Waals surface area contributed by atoms with E-state index in [4.69, 9.17) is 30.5 Å². The first kappa shape index (κ1) is 23.2. The maximum atomic E-state index is 6.19. The van der Waals surface area contributed by atoms with Crippen LogP contribution in [-0.2, 0) is 25.9 Å². The third-order valence-electron chi connectivity index (χ3n) is 7.52. The van der Waals surface area contributed by atoms with Crippen LogP contribution in [0, 0.1) is 0 Å². The molecule has 3 aromatic rings. The summed E-state index contributed by atoms with van der Waals surface area (Å²) in [5.41, 5.74) is 6.62. The second-order valence-electron chi connectivity index (χ2n) is 9.20. The van der Waals surface area contributed by atoms with Crippen LogP contribution >= 0.6 is 11.6 Å². The minimum atomic E-state index is 0. The topological polar surface area (TPSA) is 36.9 Å². The molecule has 178 valence electrons. The molecule has 0 saturated heterocycles. The summed E-state index contributed by atoms with van der Waals surface area (Å²) < 4.78 is 23.9. The lowest BCUT2D eigenvalue weighted by Crippen LogP contribution is -3.00. The predicted molar refractivity (Wildman–Crippen MR) is 126 cm³/mol. The largest absolute Gasteiger partial charge is 1.00 e. The van der Waals surface area contributed by atoms with E-state index < -0.39 is 0 Å². The summed E-state index contributed by atoms with van der Waals surface area (Å²) in [6.07, 6.45) is 1.94. The van der Waals surface area contributed by atoms with E-state index >= 15 is 0 Å². The van der Waals surface area contributed by atoms with Gasteiger partial charge in [-0.1, -0.05) is 29.8 Å². The summed E-state index contributed by atoms with van der Waals surface area (Å²) in [7, 11) is 3.44. The second-order valence-corrected chi connectivity index (χ2v) is 9.63. The summed E-state index contributed by atoms with van der Waals surface area (Å²) in [6.45, 7) is 3.15. The molecule has 0 spiro atoms. The molecular formula is C27H27Cl2NO4. The van der Waals surface area contributed by atoms with Crippen LogP contribution in [0.15, 0.2) is 48.5 Å². The molecule has 6 rings (SSSR count). The zero-order chi connectivity index (χ0) is 22.6. The zero-order valence-corrected chi connectivity index (χ0v) is 20.8. The van der Waals surface area contributed by atoms with Gasteiger partial charge in [0.25, 0.3) is 0 Å². The number of halogens is 2. The third kappa shape index (κ3) is 3.67. The molecule has 7 heteroatoms. The Morgan fingerprint density at radius 1 is 0.971 bits per heavy atom. The van der Waals surface area contributed by atoms with Crippen molar-refractivity contribution in [2.75, 3.05) is 27.6 Å².